The van der Waals surface area contributed by atoms with Crippen LogP contribution in [0.1, 0.15) is 107 Å². The Labute approximate surface area is 458 Å². The summed E-state index contributed by atoms with van der Waals surface area (Å²) in [4.78, 5) is 53.3. The molecule has 11 N–H and O–H groups in total. The summed E-state index contributed by atoms with van der Waals surface area (Å²) in [6, 6.07) is 0. The van der Waals surface area contributed by atoms with Gasteiger partial charge in [-0.25, -0.2) is 24.7 Å². The standard InChI is InChI=1S/C27H43ClN6O7.C23H36ClN5O7/c28-8-3-1-2-4-10-39-12-13-40-11-9-30-22(37)6-5-7-23(38)31-15-19-16-34(24-14-20(36)21(17-35)41-24)27-25(19)26(29)32-18-33-27;24-5-3-1-2-4-7-33-9-10-34-8-6-26-23(32)35-14-16-12-29(19-11-17(31)18(13-30)36-19)22-20(16)21(25)27-15-28-22/h16,18,20-21,24,35-36H,1-15,17H2,(H,30,37)(H,31,38)(H2,29,32,33);12,15,17-19,30-31H,1-11,13-14H2,(H,26,32)(H2,25,27,28)/t20?,21-,24-;17?,18-,19-/m11/s1. The van der Waals surface area contributed by atoms with E-state index < -0.39 is 43.0 Å². The highest BCUT2D eigenvalue weighted by molar-refractivity contribution is 6.18. The summed E-state index contributed by atoms with van der Waals surface area (Å²) in [6.07, 6.45) is 11.5. The van der Waals surface area contributed by atoms with E-state index in [1.54, 1.807) is 21.5 Å². The number of anilines is 2. The highest BCUT2D eigenvalue weighted by Crippen LogP contribution is 2.36. The fourth-order valence-corrected chi connectivity index (χ4v) is 8.95. The monoisotopic (exact) mass is 1130 g/mol. The lowest BCUT2D eigenvalue weighted by Crippen LogP contribution is -2.28. The maximum absolute atomic E-state index is 12.4. The van der Waals surface area contributed by atoms with Crippen LogP contribution < -0.4 is 27.4 Å². The van der Waals surface area contributed by atoms with Gasteiger partial charge in [0.2, 0.25) is 11.8 Å². The second-order valence-electron chi connectivity index (χ2n) is 18.4. The van der Waals surface area contributed by atoms with Crippen molar-refractivity contribution in [3.63, 3.8) is 0 Å². The van der Waals surface area contributed by atoms with Gasteiger partial charge in [0.15, 0.2) is 0 Å². The van der Waals surface area contributed by atoms with E-state index in [1.165, 1.54) is 12.7 Å². The number of nitrogen functional groups attached to an aromatic ring is 2. The first-order valence-corrected chi connectivity index (χ1v) is 27.5. The molecule has 0 radical (unpaired) electrons. The van der Waals surface area contributed by atoms with Crippen LogP contribution in [-0.4, -0.2) is 183 Å². The van der Waals surface area contributed by atoms with Gasteiger partial charge in [-0.1, -0.05) is 25.7 Å². The molecular formula is C50H79Cl2N11O14. The van der Waals surface area contributed by atoms with Crippen LogP contribution in [0.3, 0.4) is 0 Å². The van der Waals surface area contributed by atoms with Crippen molar-refractivity contribution in [2.45, 2.75) is 133 Å². The largest absolute Gasteiger partial charge is 0.445 e. The number of hydrogen-bond donors (Lipinski definition) is 9. The number of amides is 3. The highest BCUT2D eigenvalue weighted by atomic mass is 35.5. The Morgan fingerprint density at radius 2 is 1.05 bits per heavy atom. The van der Waals surface area contributed by atoms with E-state index >= 15 is 0 Å². The lowest BCUT2D eigenvalue weighted by molar-refractivity contribution is -0.122. The van der Waals surface area contributed by atoms with Crippen LogP contribution in [0.25, 0.3) is 22.1 Å². The van der Waals surface area contributed by atoms with Crippen molar-refractivity contribution in [2.24, 2.45) is 0 Å². The Kier molecular flexibility index (Phi) is 29.2. The van der Waals surface area contributed by atoms with E-state index in [2.05, 4.69) is 35.9 Å². The molecule has 6 heterocycles. The minimum Gasteiger partial charge on any atom is -0.445 e. The number of alkyl halides is 2. The SMILES string of the molecule is Nc1ncnc2c1c(CNC(=O)CCCC(=O)NCCOCCOCCCCCCCl)cn2[C@H]1CC(O)[C@@H](CO)O1.Nc1ncnc2c1c(COC(=O)NCCOCCOCCCCCCCl)cn2[C@H]1CC(O)[C@@H](CO)O1. The average Bonchev–Trinajstić information content (AvgIpc) is 4.24. The Balaban J connectivity index is 0.000000286. The Morgan fingerprint density at radius 1 is 0.597 bits per heavy atom. The number of halogens is 2. The molecule has 432 valence electrons. The van der Waals surface area contributed by atoms with Gasteiger partial charge in [-0.05, 0) is 32.1 Å². The normalized spacial score (nSPS) is 19.1. The second kappa shape index (κ2) is 35.7. The molecule has 0 aliphatic carbocycles. The molecular weight excluding hydrogens is 1050 g/mol. The minimum absolute atomic E-state index is 0.0643. The number of ether oxygens (including phenoxy) is 7. The molecule has 2 aliphatic heterocycles. The number of aliphatic hydroxyl groups excluding tert-OH is 4. The fourth-order valence-electron chi connectivity index (χ4n) is 8.57. The number of aromatic nitrogens is 6. The number of hydrogen-bond acceptors (Lipinski definition) is 20. The van der Waals surface area contributed by atoms with Gasteiger partial charge in [0.05, 0.1) is 75.8 Å². The van der Waals surface area contributed by atoms with Crippen LogP contribution in [0.15, 0.2) is 25.0 Å². The summed E-state index contributed by atoms with van der Waals surface area (Å²) >= 11 is 11.3. The number of fused-ring (bicyclic) bond motifs is 2. The van der Waals surface area contributed by atoms with E-state index in [4.69, 9.17) is 67.8 Å². The molecule has 0 aromatic carbocycles. The molecule has 4 aromatic rings. The van der Waals surface area contributed by atoms with E-state index in [0.29, 0.717) is 117 Å². The predicted molar refractivity (Wildman–Crippen MR) is 286 cm³/mol. The van der Waals surface area contributed by atoms with Crippen LogP contribution in [-0.2, 0) is 55.9 Å². The third-order valence-corrected chi connectivity index (χ3v) is 13.2. The van der Waals surface area contributed by atoms with Gasteiger partial charge in [-0.15, -0.1) is 23.2 Å². The molecule has 6 rings (SSSR count). The number of unbranched alkanes of at least 4 members (excludes halogenated alkanes) is 6. The Hall–Kier alpha value is -4.77. The first-order valence-electron chi connectivity index (χ1n) is 26.4. The topological polar surface area (TPSA) is 346 Å². The molecule has 4 aromatic heterocycles. The van der Waals surface area contributed by atoms with Crippen LogP contribution in [0.5, 0.6) is 0 Å². The van der Waals surface area contributed by atoms with Crippen molar-refractivity contribution in [3.8, 4) is 0 Å². The predicted octanol–water partition coefficient (Wildman–Crippen LogP) is 3.10. The Morgan fingerprint density at radius 3 is 1.55 bits per heavy atom. The number of nitrogens with zero attached hydrogens (tertiary/aromatic N) is 6. The lowest BCUT2D eigenvalue weighted by Gasteiger charge is -2.14. The molecule has 2 fully saturated rings. The number of aliphatic hydroxyl groups is 4. The zero-order valence-corrected chi connectivity index (χ0v) is 45.3. The second-order valence-corrected chi connectivity index (χ2v) is 19.2. The van der Waals surface area contributed by atoms with Crippen molar-refractivity contribution < 1.29 is 68.0 Å². The molecule has 2 saturated heterocycles. The molecule has 3 amide bonds. The van der Waals surface area contributed by atoms with Crippen molar-refractivity contribution in [1.82, 2.24) is 45.0 Å². The van der Waals surface area contributed by atoms with E-state index in [0.717, 1.165) is 51.4 Å². The van der Waals surface area contributed by atoms with Crippen molar-refractivity contribution in [1.29, 1.82) is 0 Å². The molecule has 27 heteroatoms. The molecule has 2 unspecified atom stereocenters. The molecule has 0 bridgehead atoms. The lowest BCUT2D eigenvalue weighted by atomic mass is 10.2. The van der Waals surface area contributed by atoms with Crippen LogP contribution >= 0.6 is 23.2 Å². The minimum atomic E-state index is -0.805. The van der Waals surface area contributed by atoms with Crippen LogP contribution in [0.4, 0.5) is 16.4 Å². The number of alkyl carbamates (subject to hydrolysis) is 1. The fraction of sp³-hybridized carbons (Fsp3) is 0.700. The first-order chi connectivity index (χ1) is 37.5. The summed E-state index contributed by atoms with van der Waals surface area (Å²) in [5, 5.41) is 48.4. The summed E-state index contributed by atoms with van der Waals surface area (Å²) < 4.78 is 42.2. The molecule has 25 nitrogen and oxygen atoms in total. The van der Waals surface area contributed by atoms with Gasteiger partial charge in [0.25, 0.3) is 0 Å². The maximum atomic E-state index is 12.4. The van der Waals surface area contributed by atoms with Gasteiger partial charge in [-0.3, -0.25) is 9.59 Å². The Bertz CT molecular complexity index is 2350. The number of carbonyl (C=O) groups is 3. The highest BCUT2D eigenvalue weighted by Gasteiger charge is 2.37. The third-order valence-electron chi connectivity index (χ3n) is 12.6. The maximum Gasteiger partial charge on any atom is 0.407 e. The van der Waals surface area contributed by atoms with Gasteiger partial charge < -0.3 is 90.1 Å². The van der Waals surface area contributed by atoms with Crippen LogP contribution in [0, 0.1) is 0 Å². The van der Waals surface area contributed by atoms with Crippen molar-refractivity contribution in [2.75, 3.05) is 102 Å². The quantitative estimate of drug-likeness (QED) is 0.0233. The summed E-state index contributed by atoms with van der Waals surface area (Å²) in [5.74, 6) is 1.57. The summed E-state index contributed by atoms with van der Waals surface area (Å²) in [5.41, 5.74) is 14.5. The molecule has 2 aliphatic rings. The molecule has 0 saturated carbocycles. The molecule has 77 heavy (non-hydrogen) atoms. The van der Waals surface area contributed by atoms with Crippen LogP contribution in [0.2, 0.25) is 0 Å². The number of rotatable bonds is 36. The molecule has 6 atom stereocenters. The van der Waals surface area contributed by atoms with Gasteiger partial charge in [-0.2, -0.15) is 0 Å². The van der Waals surface area contributed by atoms with Gasteiger partial charge in [0.1, 0.15) is 66.9 Å². The molecule has 0 spiro atoms. The first kappa shape index (κ1) is 63.1. The van der Waals surface area contributed by atoms with Crippen molar-refractivity contribution in [3.05, 3.63) is 36.2 Å². The third kappa shape index (κ3) is 21.1. The number of nitrogens with two attached hydrogens (primary N) is 2. The average molecular weight is 1130 g/mol. The number of carbonyl (C=O) groups excluding carboxylic acids is 3. The van der Waals surface area contributed by atoms with Crippen molar-refractivity contribution >= 4 is 74.8 Å². The van der Waals surface area contributed by atoms with Gasteiger partial charge in [0, 0.05) is 93.8 Å². The van der Waals surface area contributed by atoms with E-state index in [1.807, 2.05) is 0 Å². The van der Waals surface area contributed by atoms with E-state index in [-0.39, 0.29) is 75.5 Å². The smallest absolute Gasteiger partial charge is 0.407 e. The summed E-state index contributed by atoms with van der Waals surface area (Å²) in [7, 11) is 0. The van der Waals surface area contributed by atoms with E-state index in [9.17, 15) is 34.8 Å². The van der Waals surface area contributed by atoms with Gasteiger partial charge >= 0.3 is 6.09 Å². The number of nitrogens with one attached hydrogen (secondary N) is 3. The zero-order chi connectivity index (χ0) is 55.2. The zero-order valence-electron chi connectivity index (χ0n) is 43.7. The summed E-state index contributed by atoms with van der Waals surface area (Å²) in [6.45, 7) is 4.34.